The van der Waals surface area contributed by atoms with Crippen molar-refractivity contribution in [2.75, 3.05) is 26.4 Å². The van der Waals surface area contributed by atoms with Gasteiger partial charge in [-0.25, -0.2) is 10.4 Å². The third-order valence-corrected chi connectivity index (χ3v) is 6.80. The molecule has 2 atom stereocenters. The van der Waals surface area contributed by atoms with Gasteiger partial charge >= 0.3 is 5.97 Å². The van der Waals surface area contributed by atoms with E-state index < -0.39 is 48.4 Å². The summed E-state index contributed by atoms with van der Waals surface area (Å²) in [6, 6.07) is 10.7. The number of hydrazine groups is 1. The number of hydrogen-bond donors (Lipinski definition) is 5. The lowest BCUT2D eigenvalue weighted by atomic mass is 9.83. The van der Waals surface area contributed by atoms with Gasteiger partial charge in [-0.15, -0.1) is 0 Å². The van der Waals surface area contributed by atoms with Crippen molar-refractivity contribution < 1.29 is 39.1 Å². The van der Waals surface area contributed by atoms with Crippen molar-refractivity contribution in [3.05, 3.63) is 63.6 Å². The lowest BCUT2D eigenvalue weighted by Gasteiger charge is -2.31. The summed E-state index contributed by atoms with van der Waals surface area (Å²) in [6.45, 7) is 4.67. The zero-order chi connectivity index (χ0) is 30.9. The number of hydrogen-bond acceptors (Lipinski definition) is 10. The number of carbonyl (C=O) groups is 2. The first-order valence-electron chi connectivity index (χ1n) is 13.5. The largest absolute Gasteiger partial charge is 0.494 e. The second-order valence-corrected chi connectivity index (χ2v) is 11.5. The molecule has 0 aromatic heterocycles. The van der Waals surface area contributed by atoms with Crippen LogP contribution in [0.25, 0.3) is 0 Å². The van der Waals surface area contributed by atoms with E-state index in [0.29, 0.717) is 34.9 Å². The number of rotatable bonds is 14. The molecule has 0 saturated carbocycles. The molecule has 11 nitrogen and oxygen atoms in total. The van der Waals surface area contributed by atoms with Gasteiger partial charge in [0.25, 0.3) is 5.91 Å². The minimum absolute atomic E-state index is 0.0109. The van der Waals surface area contributed by atoms with Crippen molar-refractivity contribution in [2.45, 2.75) is 63.3 Å². The lowest BCUT2D eigenvalue weighted by molar-refractivity contribution is -0.155. The zero-order valence-corrected chi connectivity index (χ0v) is 25.2. The molecule has 13 heteroatoms. The van der Waals surface area contributed by atoms with Crippen LogP contribution in [0.5, 0.6) is 5.75 Å². The summed E-state index contributed by atoms with van der Waals surface area (Å²) in [5, 5.41) is 28.6. The Morgan fingerprint density at radius 1 is 1.10 bits per heavy atom. The van der Waals surface area contributed by atoms with Crippen molar-refractivity contribution in [1.29, 1.82) is 0 Å². The molecule has 2 aromatic carbocycles. The molecule has 42 heavy (non-hydrogen) atoms. The van der Waals surface area contributed by atoms with E-state index in [1.54, 1.807) is 57.2 Å². The first-order chi connectivity index (χ1) is 19.9. The number of aliphatic hydroxyl groups excluding tert-OH is 3. The summed E-state index contributed by atoms with van der Waals surface area (Å²) in [5.74, 6) is -0.540. The topological polar surface area (TPSA) is 159 Å². The SMILES string of the molecule is CC(C)(C)OC(=O)CC[C@]1(C(=O)NNC(CO)CO)N=C(c2ccc(OCCCO)cc2)O[C@H]1c1ccc(Cl)cc1Cl. The van der Waals surface area contributed by atoms with Crippen molar-refractivity contribution in [2.24, 2.45) is 4.99 Å². The van der Waals surface area contributed by atoms with Crippen LogP contribution >= 0.6 is 23.2 Å². The molecule has 0 spiro atoms. The molecule has 3 rings (SSSR count). The Bertz CT molecular complexity index is 1250. The van der Waals surface area contributed by atoms with Crippen LogP contribution in [0.3, 0.4) is 0 Å². The minimum Gasteiger partial charge on any atom is -0.494 e. The van der Waals surface area contributed by atoms with Gasteiger partial charge in [-0.05, 0) is 63.6 Å². The predicted octanol–water partition coefficient (Wildman–Crippen LogP) is 3.11. The number of halogens is 2. The molecule has 1 aliphatic rings. The number of carbonyl (C=O) groups excluding carboxylic acids is 2. The Morgan fingerprint density at radius 3 is 2.38 bits per heavy atom. The summed E-state index contributed by atoms with van der Waals surface area (Å²) in [7, 11) is 0. The highest BCUT2D eigenvalue weighted by Gasteiger charge is 2.54. The van der Waals surface area contributed by atoms with E-state index in [-0.39, 0.29) is 30.4 Å². The number of nitrogens with one attached hydrogen (secondary N) is 2. The van der Waals surface area contributed by atoms with Crippen LogP contribution in [0, 0.1) is 0 Å². The molecule has 0 unspecified atom stereocenters. The monoisotopic (exact) mass is 625 g/mol. The van der Waals surface area contributed by atoms with E-state index >= 15 is 0 Å². The van der Waals surface area contributed by atoms with Crippen molar-refractivity contribution in [3.8, 4) is 5.75 Å². The fourth-order valence-corrected chi connectivity index (χ4v) is 4.68. The molecular weight excluding hydrogens is 589 g/mol. The summed E-state index contributed by atoms with van der Waals surface area (Å²) in [6.07, 6.45) is -0.928. The summed E-state index contributed by atoms with van der Waals surface area (Å²) in [4.78, 5) is 31.5. The van der Waals surface area contributed by atoms with Crippen molar-refractivity contribution in [3.63, 3.8) is 0 Å². The van der Waals surface area contributed by atoms with Gasteiger partial charge in [0, 0.05) is 40.6 Å². The van der Waals surface area contributed by atoms with Crippen LogP contribution in [0.15, 0.2) is 47.5 Å². The van der Waals surface area contributed by atoms with Gasteiger partial charge in [-0.1, -0.05) is 29.3 Å². The Kier molecular flexibility index (Phi) is 12.0. The van der Waals surface area contributed by atoms with E-state index in [0.717, 1.165) is 0 Å². The second-order valence-electron chi connectivity index (χ2n) is 10.7. The normalized spacial score (nSPS) is 18.4. The molecule has 5 N–H and O–H groups in total. The molecule has 0 aliphatic carbocycles. The zero-order valence-electron chi connectivity index (χ0n) is 23.7. The average molecular weight is 627 g/mol. The number of aliphatic imine (C=N–C) groups is 1. The van der Waals surface area contributed by atoms with Crippen LogP contribution in [-0.2, 0) is 19.1 Å². The number of esters is 1. The maximum atomic E-state index is 14.0. The maximum absolute atomic E-state index is 14.0. The van der Waals surface area contributed by atoms with Crippen LogP contribution in [0.2, 0.25) is 10.0 Å². The highest BCUT2D eigenvalue weighted by molar-refractivity contribution is 6.35. The van der Waals surface area contributed by atoms with Crippen LogP contribution in [0.4, 0.5) is 0 Å². The van der Waals surface area contributed by atoms with Crippen molar-refractivity contribution >= 4 is 41.0 Å². The summed E-state index contributed by atoms with van der Waals surface area (Å²) < 4.78 is 17.4. The van der Waals surface area contributed by atoms with Crippen LogP contribution < -0.4 is 15.6 Å². The van der Waals surface area contributed by atoms with Crippen LogP contribution in [-0.4, -0.2) is 76.7 Å². The Morgan fingerprint density at radius 2 is 1.79 bits per heavy atom. The molecule has 1 aliphatic heterocycles. The second kappa shape index (κ2) is 15.0. The van der Waals surface area contributed by atoms with Gasteiger partial charge in [0.15, 0.2) is 11.6 Å². The molecule has 2 aromatic rings. The van der Waals surface area contributed by atoms with Gasteiger partial charge in [-0.3, -0.25) is 15.0 Å². The minimum atomic E-state index is -1.73. The third-order valence-electron chi connectivity index (χ3n) is 6.24. The molecule has 0 fully saturated rings. The molecule has 0 radical (unpaired) electrons. The van der Waals surface area contributed by atoms with Crippen molar-refractivity contribution in [1.82, 2.24) is 10.9 Å². The molecular formula is C29H37Cl2N3O8. The predicted molar refractivity (Wildman–Crippen MR) is 158 cm³/mol. The quantitative estimate of drug-likeness (QED) is 0.121. The number of nitrogens with zero attached hydrogens (tertiary/aromatic N) is 1. The van der Waals surface area contributed by atoms with Crippen LogP contribution in [0.1, 0.15) is 57.3 Å². The van der Waals surface area contributed by atoms with Gasteiger partial charge in [-0.2, -0.15) is 0 Å². The summed E-state index contributed by atoms with van der Waals surface area (Å²) >= 11 is 12.7. The Labute approximate surface area is 254 Å². The van der Waals surface area contributed by atoms with E-state index in [9.17, 15) is 19.8 Å². The van der Waals surface area contributed by atoms with Gasteiger partial charge in [0.1, 0.15) is 11.4 Å². The van der Waals surface area contributed by atoms with E-state index in [2.05, 4.69) is 10.9 Å². The van der Waals surface area contributed by atoms with Gasteiger partial charge in [0.2, 0.25) is 5.90 Å². The highest BCUT2D eigenvalue weighted by Crippen LogP contribution is 2.45. The van der Waals surface area contributed by atoms with Gasteiger partial charge < -0.3 is 29.5 Å². The lowest BCUT2D eigenvalue weighted by Crippen LogP contribution is -2.56. The van der Waals surface area contributed by atoms with E-state index in [1.165, 1.54) is 6.07 Å². The number of ether oxygens (including phenoxy) is 3. The van der Waals surface area contributed by atoms with Gasteiger partial charge in [0.05, 0.1) is 25.9 Å². The molecule has 1 heterocycles. The molecule has 0 bridgehead atoms. The third kappa shape index (κ3) is 8.79. The molecule has 230 valence electrons. The first kappa shape index (κ1) is 33.6. The maximum Gasteiger partial charge on any atom is 0.306 e. The average Bonchev–Trinajstić information content (AvgIpc) is 3.32. The van der Waals surface area contributed by atoms with E-state index in [4.69, 9.17) is 47.5 Å². The highest BCUT2D eigenvalue weighted by atomic mass is 35.5. The Hall–Kier alpha value is -2.93. The standard InChI is InChI=1S/C29H37Cl2N3O8/c1-28(2,3)42-24(38)11-12-29(27(39)34-33-20(16-36)17-37)25(22-10-7-19(30)15-23(22)31)41-26(32-29)18-5-8-21(9-6-18)40-14-4-13-35/h5-10,15,20,25,33,35-37H,4,11-14,16-17H2,1-3H3,(H,34,39)/t25-,29-/m0/s1. The summed E-state index contributed by atoms with van der Waals surface area (Å²) in [5.41, 5.74) is 3.58. The fraction of sp³-hybridized carbons (Fsp3) is 0.483. The number of amides is 1. The smallest absolute Gasteiger partial charge is 0.306 e. The molecule has 1 amide bonds. The number of benzene rings is 2. The number of aliphatic hydroxyl groups is 3. The first-order valence-corrected chi connectivity index (χ1v) is 14.2. The Balaban J connectivity index is 2.06. The fourth-order valence-electron chi connectivity index (χ4n) is 4.17. The molecule has 0 saturated heterocycles. The van der Waals surface area contributed by atoms with E-state index in [1.807, 2.05) is 0 Å².